The second-order valence-corrected chi connectivity index (χ2v) is 9.38. The van der Waals surface area contributed by atoms with Crippen molar-refractivity contribution in [3.8, 4) is 5.88 Å². The molecule has 0 bridgehead atoms. The highest BCUT2D eigenvalue weighted by Gasteiger charge is 2.31. The highest BCUT2D eigenvalue weighted by molar-refractivity contribution is 6.74. The van der Waals surface area contributed by atoms with E-state index in [-0.39, 0.29) is 0 Å². The molecule has 2 aromatic rings. The van der Waals surface area contributed by atoms with Crippen LogP contribution in [0.25, 0.3) is 10.9 Å². The molecule has 0 atom stereocenters. The van der Waals surface area contributed by atoms with Crippen LogP contribution >= 0.6 is 0 Å². The van der Waals surface area contributed by atoms with Gasteiger partial charge in [-0.3, -0.25) is 0 Å². The smallest absolute Gasteiger partial charge is 0.252 e. The third-order valence-corrected chi connectivity index (χ3v) is 8.34. The largest absolute Gasteiger partial charge is 0.531 e. The van der Waals surface area contributed by atoms with E-state index < -0.39 is 8.32 Å². The number of hydrogen-bond donors (Lipinski definition) is 0. The molecule has 1 aromatic carbocycles. The van der Waals surface area contributed by atoms with Gasteiger partial charge < -0.3 is 4.43 Å². The van der Waals surface area contributed by atoms with E-state index in [1.807, 2.05) is 24.3 Å². The highest BCUT2D eigenvalue weighted by atomic mass is 28.4. The Balaban J connectivity index is 2.31. The Morgan fingerprint density at radius 1 is 0.944 bits per heavy atom. The van der Waals surface area contributed by atoms with Crippen LogP contribution in [0.3, 0.4) is 0 Å². The molecule has 1 heterocycles. The van der Waals surface area contributed by atoms with Crippen LogP contribution in [0.15, 0.2) is 36.4 Å². The van der Waals surface area contributed by atoms with Gasteiger partial charge in [0.05, 0.1) is 5.52 Å². The van der Waals surface area contributed by atoms with Gasteiger partial charge in [0.25, 0.3) is 8.32 Å². The average Bonchev–Trinajstić information content (AvgIpc) is 2.45. The van der Waals surface area contributed by atoms with E-state index in [2.05, 4.69) is 37.9 Å². The summed E-state index contributed by atoms with van der Waals surface area (Å²) in [4.78, 5) is 4.62. The summed E-state index contributed by atoms with van der Waals surface area (Å²) in [5.74, 6) is 0.797. The first-order chi connectivity index (χ1) is 8.73. The molecule has 18 heavy (non-hydrogen) atoms. The Bertz CT molecular complexity index is 514. The lowest BCUT2D eigenvalue weighted by Crippen LogP contribution is -2.39. The number of benzene rings is 1. The highest BCUT2D eigenvalue weighted by Crippen LogP contribution is 2.25. The molecule has 0 amide bonds. The zero-order valence-corrected chi connectivity index (χ0v) is 12.4. The molecule has 0 saturated heterocycles. The van der Waals surface area contributed by atoms with Crippen molar-refractivity contribution in [2.45, 2.75) is 38.9 Å². The molecule has 0 unspecified atom stereocenters. The van der Waals surface area contributed by atoms with Gasteiger partial charge in [0.15, 0.2) is 5.88 Å². The fraction of sp³-hybridized carbons (Fsp3) is 0.400. The summed E-state index contributed by atoms with van der Waals surface area (Å²) in [6, 6.07) is 15.7. The SMILES string of the molecule is CC[Si](CC)(CC)Oc1ccc2ccccc2n1. The Hall–Kier alpha value is -1.35. The summed E-state index contributed by atoms with van der Waals surface area (Å²) in [6.45, 7) is 6.71. The van der Waals surface area contributed by atoms with E-state index in [4.69, 9.17) is 4.43 Å². The molecule has 96 valence electrons. The maximum Gasteiger partial charge on any atom is 0.252 e. The van der Waals surface area contributed by atoms with E-state index in [0.29, 0.717) is 0 Å². The summed E-state index contributed by atoms with van der Waals surface area (Å²) in [5.41, 5.74) is 1.02. The van der Waals surface area contributed by atoms with E-state index in [1.54, 1.807) is 0 Å². The van der Waals surface area contributed by atoms with Crippen molar-refractivity contribution < 1.29 is 4.43 Å². The normalized spacial score (nSPS) is 11.7. The lowest BCUT2D eigenvalue weighted by atomic mass is 10.2. The van der Waals surface area contributed by atoms with Crippen molar-refractivity contribution in [3.05, 3.63) is 36.4 Å². The zero-order valence-electron chi connectivity index (χ0n) is 11.4. The van der Waals surface area contributed by atoms with Crippen LogP contribution in [0.5, 0.6) is 5.88 Å². The van der Waals surface area contributed by atoms with E-state index >= 15 is 0 Å². The number of fused-ring (bicyclic) bond motifs is 1. The minimum absolute atomic E-state index is 0.797. The Labute approximate surface area is 110 Å². The van der Waals surface area contributed by atoms with Crippen molar-refractivity contribution in [1.82, 2.24) is 4.98 Å². The average molecular weight is 259 g/mol. The number of pyridine rings is 1. The summed E-state index contributed by atoms with van der Waals surface area (Å²) in [6.07, 6.45) is 0. The molecule has 3 heteroatoms. The minimum atomic E-state index is -1.61. The van der Waals surface area contributed by atoms with Crippen molar-refractivity contribution in [2.75, 3.05) is 0 Å². The molecule has 0 radical (unpaired) electrons. The quantitative estimate of drug-likeness (QED) is 0.731. The molecule has 0 aliphatic carbocycles. The summed E-state index contributed by atoms with van der Waals surface area (Å²) in [5, 5.41) is 1.17. The maximum absolute atomic E-state index is 6.29. The second-order valence-electron chi connectivity index (χ2n) is 4.69. The second kappa shape index (κ2) is 5.53. The molecule has 0 fully saturated rings. The van der Waals surface area contributed by atoms with Crippen LogP contribution in [0.1, 0.15) is 20.8 Å². The Morgan fingerprint density at radius 2 is 1.61 bits per heavy atom. The van der Waals surface area contributed by atoms with Gasteiger partial charge in [-0.1, -0.05) is 39.0 Å². The Kier molecular flexibility index (Phi) is 4.02. The molecule has 2 rings (SSSR count). The van der Waals surface area contributed by atoms with Gasteiger partial charge in [-0.25, -0.2) is 4.98 Å². The van der Waals surface area contributed by atoms with E-state index in [0.717, 1.165) is 29.5 Å². The van der Waals surface area contributed by atoms with E-state index in [1.165, 1.54) is 5.39 Å². The third-order valence-electron chi connectivity index (χ3n) is 3.83. The van der Waals surface area contributed by atoms with Gasteiger partial charge in [-0.05, 0) is 36.3 Å². The maximum atomic E-state index is 6.29. The number of rotatable bonds is 5. The monoisotopic (exact) mass is 259 g/mol. The lowest BCUT2D eigenvalue weighted by molar-refractivity contribution is 0.513. The molecule has 0 spiro atoms. The molecule has 0 aliphatic rings. The Morgan fingerprint density at radius 3 is 2.28 bits per heavy atom. The number of nitrogens with zero attached hydrogens (tertiary/aromatic N) is 1. The van der Waals surface area contributed by atoms with Gasteiger partial charge in [0.2, 0.25) is 0 Å². The fourth-order valence-electron chi connectivity index (χ4n) is 2.29. The van der Waals surface area contributed by atoms with Crippen molar-refractivity contribution >= 4 is 19.2 Å². The third kappa shape index (κ3) is 2.56. The van der Waals surface area contributed by atoms with Crippen LogP contribution < -0.4 is 4.43 Å². The first kappa shape index (κ1) is 13.1. The molecular weight excluding hydrogens is 238 g/mol. The molecule has 0 N–H and O–H groups in total. The van der Waals surface area contributed by atoms with Crippen molar-refractivity contribution in [2.24, 2.45) is 0 Å². The first-order valence-corrected chi connectivity index (χ1v) is 9.31. The standard InChI is InChI=1S/C15H21NOSi/c1-4-18(5-2,6-3)17-15-12-11-13-9-7-8-10-14(13)16-15/h7-12H,4-6H2,1-3H3. The molecule has 1 aromatic heterocycles. The zero-order chi connectivity index (χ0) is 13.0. The summed E-state index contributed by atoms with van der Waals surface area (Å²) >= 11 is 0. The molecule has 0 aliphatic heterocycles. The molecule has 2 nitrogen and oxygen atoms in total. The van der Waals surface area contributed by atoms with Gasteiger partial charge in [0, 0.05) is 5.39 Å². The predicted octanol–water partition coefficient (Wildman–Crippen LogP) is 4.62. The van der Waals surface area contributed by atoms with Crippen molar-refractivity contribution in [1.29, 1.82) is 0 Å². The van der Waals surface area contributed by atoms with Crippen LogP contribution in [0.4, 0.5) is 0 Å². The summed E-state index contributed by atoms with van der Waals surface area (Å²) < 4.78 is 6.29. The van der Waals surface area contributed by atoms with Crippen LogP contribution in [0.2, 0.25) is 18.1 Å². The minimum Gasteiger partial charge on any atom is -0.531 e. The number of para-hydroxylation sites is 1. The van der Waals surface area contributed by atoms with E-state index in [9.17, 15) is 0 Å². The van der Waals surface area contributed by atoms with Gasteiger partial charge >= 0.3 is 0 Å². The van der Waals surface area contributed by atoms with Crippen LogP contribution in [-0.4, -0.2) is 13.3 Å². The fourth-order valence-corrected chi connectivity index (χ4v) is 4.78. The van der Waals surface area contributed by atoms with Crippen LogP contribution in [-0.2, 0) is 0 Å². The van der Waals surface area contributed by atoms with Crippen LogP contribution in [0, 0.1) is 0 Å². The first-order valence-electron chi connectivity index (χ1n) is 6.78. The van der Waals surface area contributed by atoms with Crippen molar-refractivity contribution in [3.63, 3.8) is 0 Å². The van der Waals surface area contributed by atoms with Gasteiger partial charge in [-0.2, -0.15) is 0 Å². The molecular formula is C15H21NOSi. The van der Waals surface area contributed by atoms with Gasteiger partial charge in [0.1, 0.15) is 0 Å². The predicted molar refractivity (Wildman–Crippen MR) is 79.6 cm³/mol. The lowest BCUT2D eigenvalue weighted by Gasteiger charge is -2.28. The number of aromatic nitrogens is 1. The topological polar surface area (TPSA) is 22.1 Å². The van der Waals surface area contributed by atoms with Gasteiger partial charge in [-0.15, -0.1) is 0 Å². The number of hydrogen-bond acceptors (Lipinski definition) is 2. The molecule has 0 saturated carbocycles. The summed E-state index contributed by atoms with van der Waals surface area (Å²) in [7, 11) is -1.61.